The highest BCUT2D eigenvalue weighted by Gasteiger charge is 2.13. The maximum Gasteiger partial charge on any atom is 0.186 e. The van der Waals surface area contributed by atoms with Crippen molar-refractivity contribution in [1.29, 1.82) is 0 Å². The van der Waals surface area contributed by atoms with Crippen molar-refractivity contribution in [3.05, 3.63) is 59.2 Å². The van der Waals surface area contributed by atoms with Gasteiger partial charge in [-0.3, -0.25) is 5.43 Å². The van der Waals surface area contributed by atoms with Gasteiger partial charge in [-0.25, -0.2) is 0 Å². The average Bonchev–Trinajstić information content (AvgIpc) is 2.66. The number of nitrogens with zero attached hydrogens (tertiary/aromatic N) is 1. The second kappa shape index (κ2) is 10.1. The van der Waals surface area contributed by atoms with Crippen molar-refractivity contribution in [3.8, 4) is 11.5 Å². The molecule has 0 heterocycles. The molecule has 0 saturated heterocycles. The van der Waals surface area contributed by atoms with E-state index in [-0.39, 0.29) is 5.41 Å². The molecule has 0 amide bonds. The molecule has 0 unspecified atom stereocenters. The standard InChI is InChI=1S/C22H29N3O2S/c1-6-23-21(28)25-24-14-17-9-12-19(20(13-17)26-5)27-15-16-7-10-18(11-8-16)22(2,3)4/h7-14H,6,15H2,1-5H3,(H2,23,25,28). The lowest BCUT2D eigenvalue weighted by molar-refractivity contribution is 0.284. The van der Waals surface area contributed by atoms with E-state index in [0.717, 1.165) is 17.7 Å². The largest absolute Gasteiger partial charge is 0.493 e. The Morgan fingerprint density at radius 3 is 2.43 bits per heavy atom. The van der Waals surface area contributed by atoms with Gasteiger partial charge in [0.15, 0.2) is 16.6 Å². The summed E-state index contributed by atoms with van der Waals surface area (Å²) in [6.45, 7) is 9.82. The fourth-order valence-electron chi connectivity index (χ4n) is 2.51. The Balaban J connectivity index is 2.00. The van der Waals surface area contributed by atoms with E-state index in [4.69, 9.17) is 21.7 Å². The highest BCUT2D eigenvalue weighted by atomic mass is 32.1. The van der Waals surface area contributed by atoms with Gasteiger partial charge in [-0.1, -0.05) is 45.0 Å². The molecule has 0 spiro atoms. The zero-order chi connectivity index (χ0) is 20.6. The lowest BCUT2D eigenvalue weighted by Gasteiger charge is -2.19. The molecule has 0 aromatic heterocycles. The minimum absolute atomic E-state index is 0.144. The summed E-state index contributed by atoms with van der Waals surface area (Å²) in [5.41, 5.74) is 6.21. The summed E-state index contributed by atoms with van der Waals surface area (Å²) in [5.74, 6) is 1.35. The molecule has 0 aliphatic rings. The Morgan fingerprint density at radius 2 is 1.82 bits per heavy atom. The van der Waals surface area contributed by atoms with Gasteiger partial charge in [0.2, 0.25) is 0 Å². The van der Waals surface area contributed by atoms with Crippen LogP contribution < -0.4 is 20.2 Å². The van der Waals surface area contributed by atoms with E-state index in [1.807, 2.05) is 25.1 Å². The molecule has 0 saturated carbocycles. The SMILES string of the molecule is CCNC(=S)NN=Cc1ccc(OCc2ccc(C(C)(C)C)cc2)c(OC)c1. The molecule has 6 heteroatoms. The van der Waals surface area contributed by atoms with E-state index >= 15 is 0 Å². The molecule has 0 aliphatic carbocycles. The number of ether oxygens (including phenoxy) is 2. The van der Waals surface area contributed by atoms with Crippen molar-refractivity contribution in [3.63, 3.8) is 0 Å². The molecule has 0 aliphatic heterocycles. The van der Waals surface area contributed by atoms with Crippen LogP contribution >= 0.6 is 12.2 Å². The predicted molar refractivity (Wildman–Crippen MR) is 119 cm³/mol. The number of nitrogens with one attached hydrogen (secondary N) is 2. The molecule has 0 atom stereocenters. The number of hydrogen-bond acceptors (Lipinski definition) is 4. The van der Waals surface area contributed by atoms with Crippen LogP contribution in [0, 0.1) is 0 Å². The number of hydrazone groups is 1. The van der Waals surface area contributed by atoms with Gasteiger partial charge >= 0.3 is 0 Å². The van der Waals surface area contributed by atoms with Crippen molar-refractivity contribution in [2.45, 2.75) is 39.7 Å². The number of hydrogen-bond donors (Lipinski definition) is 2. The van der Waals surface area contributed by atoms with Gasteiger partial charge in [-0.15, -0.1) is 0 Å². The zero-order valence-electron chi connectivity index (χ0n) is 17.2. The van der Waals surface area contributed by atoms with E-state index in [1.54, 1.807) is 13.3 Å². The van der Waals surface area contributed by atoms with Gasteiger partial charge in [-0.05, 0) is 59.4 Å². The minimum atomic E-state index is 0.144. The quantitative estimate of drug-likeness (QED) is 0.411. The average molecular weight is 400 g/mol. The smallest absolute Gasteiger partial charge is 0.186 e. The maximum absolute atomic E-state index is 5.95. The Labute approximate surface area is 173 Å². The molecule has 150 valence electrons. The molecule has 2 aromatic carbocycles. The third-order valence-electron chi connectivity index (χ3n) is 4.12. The van der Waals surface area contributed by atoms with Crippen LogP contribution in [0.1, 0.15) is 44.4 Å². The van der Waals surface area contributed by atoms with Crippen LogP contribution in [0.4, 0.5) is 0 Å². The topological polar surface area (TPSA) is 54.9 Å². The molecular weight excluding hydrogens is 370 g/mol. The molecule has 5 nitrogen and oxygen atoms in total. The Hall–Kier alpha value is -2.60. The minimum Gasteiger partial charge on any atom is -0.493 e. The van der Waals surface area contributed by atoms with E-state index in [9.17, 15) is 0 Å². The second-order valence-electron chi connectivity index (χ2n) is 7.38. The molecule has 0 radical (unpaired) electrons. The van der Waals surface area contributed by atoms with E-state index in [2.05, 4.69) is 60.9 Å². The van der Waals surface area contributed by atoms with Gasteiger partial charge in [0.25, 0.3) is 0 Å². The van der Waals surface area contributed by atoms with Crippen LogP contribution in [-0.4, -0.2) is 25.0 Å². The van der Waals surface area contributed by atoms with Crippen molar-refractivity contribution < 1.29 is 9.47 Å². The summed E-state index contributed by atoms with van der Waals surface area (Å²) in [6.07, 6.45) is 1.68. The normalized spacial score (nSPS) is 11.3. The van der Waals surface area contributed by atoms with Gasteiger partial charge in [-0.2, -0.15) is 5.10 Å². The van der Waals surface area contributed by atoms with Gasteiger partial charge < -0.3 is 14.8 Å². The first-order chi connectivity index (χ1) is 13.3. The molecule has 2 aromatic rings. The van der Waals surface area contributed by atoms with Crippen molar-refractivity contribution in [2.75, 3.05) is 13.7 Å². The van der Waals surface area contributed by atoms with Crippen molar-refractivity contribution in [2.24, 2.45) is 5.10 Å². The summed E-state index contributed by atoms with van der Waals surface area (Å²) in [6, 6.07) is 14.2. The first kappa shape index (κ1) is 21.7. The number of rotatable bonds is 7. The number of benzene rings is 2. The van der Waals surface area contributed by atoms with Crippen LogP contribution in [0.5, 0.6) is 11.5 Å². The number of thiocarbonyl (C=S) groups is 1. The summed E-state index contributed by atoms with van der Waals surface area (Å²) < 4.78 is 11.4. The monoisotopic (exact) mass is 399 g/mol. The van der Waals surface area contributed by atoms with Crippen LogP contribution in [-0.2, 0) is 12.0 Å². The Bertz CT molecular complexity index is 812. The van der Waals surface area contributed by atoms with Crippen LogP contribution in [0.25, 0.3) is 0 Å². The third-order valence-corrected chi connectivity index (χ3v) is 4.35. The molecular formula is C22H29N3O2S. The fraction of sp³-hybridized carbons (Fsp3) is 0.364. The second-order valence-corrected chi connectivity index (χ2v) is 7.78. The highest BCUT2D eigenvalue weighted by Crippen LogP contribution is 2.29. The van der Waals surface area contributed by atoms with E-state index in [0.29, 0.717) is 23.2 Å². The zero-order valence-corrected chi connectivity index (χ0v) is 18.0. The highest BCUT2D eigenvalue weighted by molar-refractivity contribution is 7.80. The molecule has 28 heavy (non-hydrogen) atoms. The van der Waals surface area contributed by atoms with E-state index < -0.39 is 0 Å². The van der Waals surface area contributed by atoms with Gasteiger partial charge in [0.05, 0.1) is 13.3 Å². The maximum atomic E-state index is 5.95. The summed E-state index contributed by atoms with van der Waals surface area (Å²) in [7, 11) is 1.62. The van der Waals surface area contributed by atoms with Crippen LogP contribution in [0.3, 0.4) is 0 Å². The molecule has 0 bridgehead atoms. The third kappa shape index (κ3) is 6.53. The molecule has 0 fully saturated rings. The van der Waals surface area contributed by atoms with Gasteiger partial charge in [0, 0.05) is 6.54 Å². The lowest BCUT2D eigenvalue weighted by atomic mass is 9.87. The molecule has 2 N–H and O–H groups in total. The first-order valence-electron chi connectivity index (χ1n) is 9.30. The van der Waals surface area contributed by atoms with Gasteiger partial charge in [0.1, 0.15) is 6.61 Å². The summed E-state index contributed by atoms with van der Waals surface area (Å²) in [5, 5.41) is 7.57. The summed E-state index contributed by atoms with van der Waals surface area (Å²) in [4.78, 5) is 0. The van der Waals surface area contributed by atoms with Crippen LogP contribution in [0.15, 0.2) is 47.6 Å². The summed E-state index contributed by atoms with van der Waals surface area (Å²) >= 11 is 5.07. The van der Waals surface area contributed by atoms with E-state index in [1.165, 1.54) is 5.56 Å². The Kier molecular flexibility index (Phi) is 7.81. The van der Waals surface area contributed by atoms with Crippen molar-refractivity contribution >= 4 is 23.5 Å². The first-order valence-corrected chi connectivity index (χ1v) is 9.71. The van der Waals surface area contributed by atoms with Crippen molar-refractivity contribution in [1.82, 2.24) is 10.7 Å². The van der Waals surface area contributed by atoms with Crippen LogP contribution in [0.2, 0.25) is 0 Å². The Morgan fingerprint density at radius 1 is 1.11 bits per heavy atom. The number of methoxy groups -OCH3 is 1. The lowest BCUT2D eigenvalue weighted by Crippen LogP contribution is -2.31. The predicted octanol–water partition coefficient (Wildman–Crippen LogP) is 4.39. The fourth-order valence-corrected chi connectivity index (χ4v) is 2.71. The molecule has 2 rings (SSSR count).